The van der Waals surface area contributed by atoms with Crippen LogP contribution in [0, 0.1) is 12.8 Å². The molecule has 0 radical (unpaired) electrons. The van der Waals surface area contributed by atoms with Gasteiger partial charge in [0, 0.05) is 13.1 Å². The molecule has 1 fully saturated rings. The molecule has 0 saturated carbocycles. The molecule has 21 heavy (non-hydrogen) atoms. The van der Waals surface area contributed by atoms with E-state index in [2.05, 4.69) is 4.72 Å². The molecule has 0 aromatic heterocycles. The van der Waals surface area contributed by atoms with Gasteiger partial charge in [-0.15, -0.1) is 0 Å². The van der Waals surface area contributed by atoms with E-state index in [1.165, 1.54) is 16.4 Å². The van der Waals surface area contributed by atoms with Gasteiger partial charge >= 0.3 is 16.2 Å². The van der Waals surface area contributed by atoms with E-state index in [1.54, 1.807) is 13.0 Å². The number of nitrogens with one attached hydrogen (secondary N) is 1. The van der Waals surface area contributed by atoms with Crippen LogP contribution in [0.4, 0.5) is 5.69 Å². The number of aromatic carboxylic acids is 1. The lowest BCUT2D eigenvalue weighted by atomic mass is 10.0. The minimum atomic E-state index is -3.64. The van der Waals surface area contributed by atoms with Crippen LogP contribution >= 0.6 is 0 Å². The van der Waals surface area contributed by atoms with Gasteiger partial charge in [0.05, 0.1) is 11.3 Å². The number of rotatable bonds is 4. The Balaban J connectivity index is 2.23. The van der Waals surface area contributed by atoms with E-state index in [9.17, 15) is 13.2 Å². The van der Waals surface area contributed by atoms with Crippen LogP contribution in [0.2, 0.25) is 0 Å². The topological polar surface area (TPSA) is 86.7 Å². The summed E-state index contributed by atoms with van der Waals surface area (Å²) < 4.78 is 28.7. The largest absolute Gasteiger partial charge is 0.478 e. The van der Waals surface area contributed by atoms with Crippen molar-refractivity contribution in [2.24, 2.45) is 5.92 Å². The summed E-state index contributed by atoms with van der Waals surface area (Å²) in [4.78, 5) is 11.0. The van der Waals surface area contributed by atoms with E-state index < -0.39 is 16.2 Å². The highest BCUT2D eigenvalue weighted by atomic mass is 32.2. The van der Waals surface area contributed by atoms with Crippen LogP contribution in [0.15, 0.2) is 18.2 Å². The average molecular weight is 312 g/mol. The first-order valence-electron chi connectivity index (χ1n) is 6.91. The number of carboxylic acid groups (broad SMARTS) is 1. The normalized spacial score (nSPS) is 20.2. The fourth-order valence-corrected chi connectivity index (χ4v) is 3.88. The first kappa shape index (κ1) is 15.8. The molecule has 0 spiro atoms. The number of carboxylic acids is 1. The van der Waals surface area contributed by atoms with Gasteiger partial charge in [-0.2, -0.15) is 12.7 Å². The maximum Gasteiger partial charge on any atom is 0.335 e. The van der Waals surface area contributed by atoms with Crippen molar-refractivity contribution in [3.63, 3.8) is 0 Å². The Hall–Kier alpha value is -1.60. The van der Waals surface area contributed by atoms with Gasteiger partial charge in [0.1, 0.15) is 0 Å². The third-order valence-electron chi connectivity index (χ3n) is 3.68. The Kier molecular flexibility index (Phi) is 4.53. The number of hydrogen-bond donors (Lipinski definition) is 2. The molecule has 1 saturated heterocycles. The van der Waals surface area contributed by atoms with E-state index in [4.69, 9.17) is 5.11 Å². The SMILES string of the molecule is Cc1ccc(C(=O)O)cc1NS(=O)(=O)N1CCCC(C)C1. The van der Waals surface area contributed by atoms with Crippen LogP contribution in [0.3, 0.4) is 0 Å². The fourth-order valence-electron chi connectivity index (χ4n) is 2.43. The molecule has 1 aliphatic rings. The number of anilines is 1. The second-order valence-electron chi connectivity index (χ2n) is 5.55. The van der Waals surface area contributed by atoms with Crippen molar-refractivity contribution in [1.29, 1.82) is 0 Å². The van der Waals surface area contributed by atoms with E-state index in [0.717, 1.165) is 12.8 Å². The molecule has 1 aromatic carbocycles. The lowest BCUT2D eigenvalue weighted by Gasteiger charge is -2.30. The molecular formula is C14H20N2O4S. The summed E-state index contributed by atoms with van der Waals surface area (Å²) >= 11 is 0. The Labute approximate surface area is 125 Å². The zero-order valence-corrected chi connectivity index (χ0v) is 13.0. The lowest BCUT2D eigenvalue weighted by molar-refractivity contribution is 0.0697. The second kappa shape index (κ2) is 6.03. The summed E-state index contributed by atoms with van der Waals surface area (Å²) in [5.74, 6) is -0.746. The zero-order chi connectivity index (χ0) is 15.6. The van der Waals surface area contributed by atoms with E-state index >= 15 is 0 Å². The predicted octanol–water partition coefficient (Wildman–Crippen LogP) is 2.08. The summed E-state index contributed by atoms with van der Waals surface area (Å²) in [6, 6.07) is 4.40. The molecule has 6 nitrogen and oxygen atoms in total. The van der Waals surface area contributed by atoms with E-state index in [1.807, 2.05) is 6.92 Å². The zero-order valence-electron chi connectivity index (χ0n) is 12.2. The van der Waals surface area contributed by atoms with Gasteiger partial charge in [0.25, 0.3) is 0 Å². The van der Waals surface area contributed by atoms with Crippen LogP contribution in [-0.4, -0.2) is 36.9 Å². The Morgan fingerprint density at radius 2 is 2.14 bits per heavy atom. The van der Waals surface area contributed by atoms with Gasteiger partial charge in [0.2, 0.25) is 0 Å². The third kappa shape index (κ3) is 3.74. The lowest BCUT2D eigenvalue weighted by Crippen LogP contribution is -2.42. The van der Waals surface area contributed by atoms with Crippen molar-refractivity contribution in [1.82, 2.24) is 4.31 Å². The van der Waals surface area contributed by atoms with Crippen molar-refractivity contribution in [3.05, 3.63) is 29.3 Å². The second-order valence-corrected chi connectivity index (χ2v) is 7.22. The maximum absolute atomic E-state index is 12.4. The Morgan fingerprint density at radius 1 is 1.43 bits per heavy atom. The summed E-state index contributed by atoms with van der Waals surface area (Å²) in [5.41, 5.74) is 1.06. The van der Waals surface area contributed by atoms with Crippen LogP contribution in [0.1, 0.15) is 35.7 Å². The molecule has 7 heteroatoms. The van der Waals surface area contributed by atoms with Crippen molar-refractivity contribution in [2.45, 2.75) is 26.7 Å². The van der Waals surface area contributed by atoms with Crippen molar-refractivity contribution < 1.29 is 18.3 Å². The number of benzene rings is 1. The summed E-state index contributed by atoms with van der Waals surface area (Å²) in [6.45, 7) is 4.75. The van der Waals surface area contributed by atoms with Crippen molar-refractivity contribution in [2.75, 3.05) is 17.8 Å². The molecule has 1 unspecified atom stereocenters. The van der Waals surface area contributed by atoms with Crippen LogP contribution in [0.25, 0.3) is 0 Å². The Morgan fingerprint density at radius 3 is 2.76 bits per heavy atom. The first-order chi connectivity index (χ1) is 9.79. The van der Waals surface area contributed by atoms with Crippen LogP contribution in [0.5, 0.6) is 0 Å². The molecule has 0 aliphatic carbocycles. The average Bonchev–Trinajstić information content (AvgIpc) is 2.41. The molecule has 0 bridgehead atoms. The standard InChI is InChI=1S/C14H20N2O4S/c1-10-4-3-7-16(9-10)21(19,20)15-13-8-12(14(17)18)6-5-11(13)2/h5-6,8,10,15H,3-4,7,9H2,1-2H3,(H,17,18). The third-order valence-corrected chi connectivity index (χ3v) is 5.17. The van der Waals surface area contributed by atoms with E-state index in [-0.39, 0.29) is 5.56 Å². The predicted molar refractivity (Wildman–Crippen MR) is 80.7 cm³/mol. The Bertz CT molecular complexity index is 642. The van der Waals surface area contributed by atoms with Gasteiger partial charge < -0.3 is 5.11 Å². The van der Waals surface area contributed by atoms with Gasteiger partial charge in [-0.25, -0.2) is 4.79 Å². The fraction of sp³-hybridized carbons (Fsp3) is 0.500. The van der Waals surface area contributed by atoms with Gasteiger partial charge in [-0.3, -0.25) is 4.72 Å². The van der Waals surface area contributed by atoms with E-state index in [0.29, 0.717) is 30.3 Å². The van der Waals surface area contributed by atoms with Gasteiger partial charge in [-0.05, 0) is 43.4 Å². The van der Waals surface area contributed by atoms with Crippen molar-refractivity contribution >= 4 is 21.9 Å². The molecule has 2 N–H and O–H groups in total. The molecule has 1 atom stereocenters. The summed E-state index contributed by atoms with van der Waals surface area (Å²) in [7, 11) is -3.64. The summed E-state index contributed by atoms with van der Waals surface area (Å²) in [6.07, 6.45) is 1.87. The molecule has 116 valence electrons. The van der Waals surface area contributed by atoms with Crippen molar-refractivity contribution in [3.8, 4) is 0 Å². The number of piperidine rings is 1. The number of aryl methyl sites for hydroxylation is 1. The molecular weight excluding hydrogens is 292 g/mol. The summed E-state index contributed by atoms with van der Waals surface area (Å²) in [5, 5.41) is 8.99. The molecule has 1 aliphatic heterocycles. The molecule has 0 amide bonds. The molecule has 1 aromatic rings. The highest BCUT2D eigenvalue weighted by Gasteiger charge is 2.27. The minimum absolute atomic E-state index is 0.0605. The van der Waals surface area contributed by atoms with Gasteiger partial charge in [-0.1, -0.05) is 13.0 Å². The van der Waals surface area contributed by atoms with Gasteiger partial charge in [0.15, 0.2) is 0 Å². The van der Waals surface area contributed by atoms with Crippen LogP contribution in [-0.2, 0) is 10.2 Å². The molecule has 2 rings (SSSR count). The first-order valence-corrected chi connectivity index (χ1v) is 8.35. The smallest absolute Gasteiger partial charge is 0.335 e. The maximum atomic E-state index is 12.4. The number of hydrogen-bond acceptors (Lipinski definition) is 3. The van der Waals surface area contributed by atoms with Crippen LogP contribution < -0.4 is 4.72 Å². The monoisotopic (exact) mass is 312 g/mol. The highest BCUT2D eigenvalue weighted by molar-refractivity contribution is 7.90. The minimum Gasteiger partial charge on any atom is -0.478 e. The molecule has 1 heterocycles. The highest BCUT2D eigenvalue weighted by Crippen LogP contribution is 2.23. The number of carbonyl (C=O) groups is 1. The quantitative estimate of drug-likeness (QED) is 0.891. The number of nitrogens with zero attached hydrogens (tertiary/aromatic N) is 1.